The zero-order valence-corrected chi connectivity index (χ0v) is 10.3. The molecule has 2 N–H and O–H groups in total. The van der Waals surface area contributed by atoms with Crippen LogP contribution in [0.4, 0.5) is 0 Å². The van der Waals surface area contributed by atoms with Gasteiger partial charge in [-0.25, -0.2) is 4.79 Å². The van der Waals surface area contributed by atoms with Gasteiger partial charge in [0.2, 0.25) is 5.91 Å². The molecule has 0 aromatic carbocycles. The summed E-state index contributed by atoms with van der Waals surface area (Å²) in [4.78, 5) is 22.9. The molecule has 2 saturated carbocycles. The Hall–Kier alpha value is -1.36. The van der Waals surface area contributed by atoms with E-state index in [4.69, 9.17) is 9.84 Å². The predicted octanol–water partition coefficient (Wildman–Crippen LogP) is 0.804. The Morgan fingerprint density at radius 1 is 1.44 bits per heavy atom. The van der Waals surface area contributed by atoms with Gasteiger partial charge < -0.3 is 15.2 Å². The van der Waals surface area contributed by atoms with Gasteiger partial charge in [-0.2, -0.15) is 0 Å². The molecule has 3 atom stereocenters. The number of hydrogen-bond acceptors (Lipinski definition) is 3. The molecule has 3 unspecified atom stereocenters. The van der Waals surface area contributed by atoms with Crippen molar-refractivity contribution in [1.82, 2.24) is 5.32 Å². The van der Waals surface area contributed by atoms with Crippen molar-refractivity contribution >= 4 is 11.9 Å². The minimum atomic E-state index is -1.06. The number of carbonyl (C=O) groups excluding carboxylic acids is 1. The van der Waals surface area contributed by atoms with Crippen molar-refractivity contribution in [2.45, 2.75) is 25.3 Å². The summed E-state index contributed by atoms with van der Waals surface area (Å²) in [6.07, 6.45) is 4.96. The van der Waals surface area contributed by atoms with Crippen LogP contribution < -0.4 is 5.32 Å². The molecule has 0 aromatic heterocycles. The van der Waals surface area contributed by atoms with E-state index in [9.17, 15) is 9.59 Å². The van der Waals surface area contributed by atoms with Crippen LogP contribution in [0.15, 0.2) is 12.7 Å². The van der Waals surface area contributed by atoms with E-state index in [1.165, 1.54) is 6.42 Å². The van der Waals surface area contributed by atoms with Crippen LogP contribution in [0.1, 0.15) is 19.3 Å². The van der Waals surface area contributed by atoms with Gasteiger partial charge in [-0.15, -0.1) is 6.58 Å². The van der Waals surface area contributed by atoms with Gasteiger partial charge in [0, 0.05) is 5.92 Å². The van der Waals surface area contributed by atoms with Gasteiger partial charge in [-0.1, -0.05) is 12.5 Å². The molecule has 0 aliphatic heterocycles. The van der Waals surface area contributed by atoms with Gasteiger partial charge in [-0.3, -0.25) is 4.79 Å². The van der Waals surface area contributed by atoms with Crippen LogP contribution in [0.5, 0.6) is 0 Å². The van der Waals surface area contributed by atoms with Gasteiger partial charge in [0.15, 0.2) is 6.04 Å². The summed E-state index contributed by atoms with van der Waals surface area (Å²) in [6.45, 7) is 3.75. The summed E-state index contributed by atoms with van der Waals surface area (Å²) in [5.41, 5.74) is 0. The third kappa shape index (κ3) is 2.72. The van der Waals surface area contributed by atoms with Crippen molar-refractivity contribution in [2.75, 3.05) is 13.2 Å². The van der Waals surface area contributed by atoms with Crippen molar-refractivity contribution in [2.24, 2.45) is 17.8 Å². The Bertz CT molecular complexity index is 345. The molecule has 0 saturated heterocycles. The Kier molecular flexibility index (Phi) is 4.01. The number of aliphatic carboxylic acids is 1. The first-order valence-electron chi connectivity index (χ1n) is 6.37. The summed E-state index contributed by atoms with van der Waals surface area (Å²) < 4.78 is 5.09. The second-order valence-electron chi connectivity index (χ2n) is 5.01. The van der Waals surface area contributed by atoms with E-state index in [0.29, 0.717) is 11.8 Å². The lowest BCUT2D eigenvalue weighted by Gasteiger charge is -2.15. The maximum Gasteiger partial charge on any atom is 0.328 e. The van der Waals surface area contributed by atoms with Gasteiger partial charge in [0.05, 0.1) is 13.2 Å². The summed E-state index contributed by atoms with van der Waals surface area (Å²) >= 11 is 0. The first-order valence-corrected chi connectivity index (χ1v) is 6.37. The standard InChI is InChI=1S/C13H19NO4/c1-2-6-18-7-10(13(16)17)14-12(15)11-8-4-3-5-9(8)11/h2,8-11H,1,3-7H2,(H,14,15)(H,16,17). The lowest BCUT2D eigenvalue weighted by Crippen LogP contribution is -2.45. The van der Waals surface area contributed by atoms with E-state index in [1.54, 1.807) is 6.08 Å². The van der Waals surface area contributed by atoms with Crippen LogP contribution >= 0.6 is 0 Å². The lowest BCUT2D eigenvalue weighted by molar-refractivity contribution is -0.143. The highest BCUT2D eigenvalue weighted by molar-refractivity contribution is 5.87. The summed E-state index contributed by atoms with van der Waals surface area (Å²) in [5.74, 6) is -0.153. The van der Waals surface area contributed by atoms with E-state index in [2.05, 4.69) is 11.9 Å². The quantitative estimate of drug-likeness (QED) is 0.520. The van der Waals surface area contributed by atoms with Crippen molar-refractivity contribution < 1.29 is 19.4 Å². The monoisotopic (exact) mass is 253 g/mol. The smallest absolute Gasteiger partial charge is 0.328 e. The zero-order chi connectivity index (χ0) is 13.1. The van der Waals surface area contributed by atoms with E-state index in [1.807, 2.05) is 0 Å². The molecular weight excluding hydrogens is 234 g/mol. The van der Waals surface area contributed by atoms with Crippen LogP contribution in [0.25, 0.3) is 0 Å². The number of carboxylic acids is 1. The maximum atomic E-state index is 11.9. The normalized spacial score (nSPS) is 30.3. The highest BCUT2D eigenvalue weighted by Crippen LogP contribution is 2.57. The summed E-state index contributed by atoms with van der Waals surface area (Å²) in [6, 6.07) is -0.959. The number of carboxylic acid groups (broad SMARTS) is 1. The molecular formula is C13H19NO4. The van der Waals surface area contributed by atoms with Crippen LogP contribution in [-0.4, -0.2) is 36.2 Å². The second kappa shape index (κ2) is 5.52. The van der Waals surface area contributed by atoms with Gasteiger partial charge in [0.25, 0.3) is 0 Å². The molecule has 0 radical (unpaired) electrons. The van der Waals surface area contributed by atoms with E-state index in [-0.39, 0.29) is 25.0 Å². The molecule has 1 amide bonds. The molecule has 0 spiro atoms. The number of fused-ring (bicyclic) bond motifs is 1. The van der Waals surface area contributed by atoms with Crippen molar-refractivity contribution in [1.29, 1.82) is 0 Å². The maximum absolute atomic E-state index is 11.9. The average molecular weight is 253 g/mol. The number of carbonyl (C=O) groups is 2. The first-order chi connectivity index (χ1) is 8.65. The second-order valence-corrected chi connectivity index (χ2v) is 5.01. The van der Waals surface area contributed by atoms with E-state index >= 15 is 0 Å². The molecule has 0 aromatic rings. The van der Waals surface area contributed by atoms with Gasteiger partial charge >= 0.3 is 5.97 Å². The highest BCUT2D eigenvalue weighted by Gasteiger charge is 2.56. The Morgan fingerprint density at radius 2 is 2.11 bits per heavy atom. The summed E-state index contributed by atoms with van der Waals surface area (Å²) in [5, 5.41) is 11.6. The fraction of sp³-hybridized carbons (Fsp3) is 0.692. The Balaban J connectivity index is 1.79. The molecule has 18 heavy (non-hydrogen) atoms. The molecule has 100 valence electrons. The van der Waals surface area contributed by atoms with E-state index in [0.717, 1.165) is 12.8 Å². The molecule has 0 bridgehead atoms. The Morgan fingerprint density at radius 3 is 2.67 bits per heavy atom. The SMILES string of the molecule is C=CCOCC(NC(=O)C1C2CCCC21)C(=O)O. The van der Waals surface area contributed by atoms with E-state index < -0.39 is 12.0 Å². The molecule has 0 heterocycles. The number of rotatable bonds is 7. The van der Waals surface area contributed by atoms with Crippen LogP contribution in [0.3, 0.4) is 0 Å². The molecule has 2 rings (SSSR count). The lowest BCUT2D eigenvalue weighted by atomic mass is 10.1. The third-order valence-corrected chi connectivity index (χ3v) is 3.84. The van der Waals surface area contributed by atoms with Gasteiger partial charge in [0.1, 0.15) is 0 Å². The first kappa shape index (κ1) is 13.1. The molecule has 2 fully saturated rings. The predicted molar refractivity (Wildman–Crippen MR) is 64.9 cm³/mol. The van der Waals surface area contributed by atoms with Crippen molar-refractivity contribution in [3.63, 3.8) is 0 Å². The fourth-order valence-electron chi connectivity index (χ4n) is 2.92. The van der Waals surface area contributed by atoms with Crippen LogP contribution in [-0.2, 0) is 14.3 Å². The number of hydrogen-bond donors (Lipinski definition) is 2. The average Bonchev–Trinajstić information content (AvgIpc) is 2.82. The Labute approximate surface area is 106 Å². The van der Waals surface area contributed by atoms with Crippen LogP contribution in [0, 0.1) is 17.8 Å². The molecule has 2 aliphatic rings. The topological polar surface area (TPSA) is 75.6 Å². The third-order valence-electron chi connectivity index (χ3n) is 3.84. The van der Waals surface area contributed by atoms with Crippen molar-refractivity contribution in [3.8, 4) is 0 Å². The summed E-state index contributed by atoms with van der Waals surface area (Å²) in [7, 11) is 0. The molecule has 5 nitrogen and oxygen atoms in total. The van der Waals surface area contributed by atoms with Crippen LogP contribution in [0.2, 0.25) is 0 Å². The number of ether oxygens (including phenoxy) is 1. The minimum Gasteiger partial charge on any atom is -0.480 e. The zero-order valence-electron chi connectivity index (χ0n) is 10.3. The van der Waals surface area contributed by atoms with Gasteiger partial charge in [-0.05, 0) is 24.7 Å². The fourth-order valence-corrected chi connectivity index (χ4v) is 2.92. The highest BCUT2D eigenvalue weighted by atomic mass is 16.5. The van der Waals surface area contributed by atoms with Crippen molar-refractivity contribution in [3.05, 3.63) is 12.7 Å². The number of nitrogens with one attached hydrogen (secondary N) is 1. The largest absolute Gasteiger partial charge is 0.480 e. The molecule has 5 heteroatoms. The number of amides is 1. The minimum absolute atomic E-state index is 0.0187. The molecule has 2 aliphatic carbocycles.